The molecule has 0 unspecified atom stereocenters. The van der Waals surface area contributed by atoms with E-state index < -0.39 is 0 Å². The number of imidazole rings is 1. The molecule has 26 heavy (non-hydrogen) atoms. The predicted molar refractivity (Wildman–Crippen MR) is 106 cm³/mol. The van der Waals surface area contributed by atoms with Gasteiger partial charge in [-0.1, -0.05) is 37.5 Å². The summed E-state index contributed by atoms with van der Waals surface area (Å²) in [6.45, 7) is 2.15. The molecule has 0 saturated heterocycles. The van der Waals surface area contributed by atoms with E-state index in [9.17, 15) is 4.39 Å². The topological polar surface area (TPSA) is 33.1 Å². The predicted octanol–water partition coefficient (Wildman–Crippen LogP) is 4.12. The minimum Gasteiger partial charge on any atom is -0.360 e. The summed E-state index contributed by atoms with van der Waals surface area (Å²) in [5.41, 5.74) is 0.683. The van der Waals surface area contributed by atoms with Crippen LogP contribution in [0.4, 0.5) is 4.39 Å². The van der Waals surface area contributed by atoms with Gasteiger partial charge in [-0.25, -0.2) is 9.37 Å². The van der Waals surface area contributed by atoms with Crippen molar-refractivity contribution in [2.75, 3.05) is 6.54 Å². The third kappa shape index (κ3) is 5.53. The Labute approximate surface area is 160 Å². The maximum Gasteiger partial charge on any atom is 0.169 e. The van der Waals surface area contributed by atoms with Gasteiger partial charge in [-0.2, -0.15) is 0 Å². The Balaban J connectivity index is 1.61. The summed E-state index contributed by atoms with van der Waals surface area (Å²) in [6, 6.07) is 7.39. The van der Waals surface area contributed by atoms with Crippen LogP contribution in [0.15, 0.2) is 43.0 Å². The highest BCUT2D eigenvalue weighted by molar-refractivity contribution is 7.80. The number of thiocarbonyl (C=S) groups is 1. The zero-order valence-corrected chi connectivity index (χ0v) is 15.9. The molecule has 1 fully saturated rings. The number of aromatic nitrogens is 2. The van der Waals surface area contributed by atoms with Crippen molar-refractivity contribution < 1.29 is 4.39 Å². The summed E-state index contributed by atoms with van der Waals surface area (Å²) in [5.74, 6) is -0.174. The van der Waals surface area contributed by atoms with Crippen molar-refractivity contribution in [2.24, 2.45) is 0 Å². The number of nitrogens with one attached hydrogen (secondary N) is 1. The molecular formula is C20H27FN4S. The summed E-state index contributed by atoms with van der Waals surface area (Å²) in [5, 5.41) is 4.26. The van der Waals surface area contributed by atoms with Gasteiger partial charge in [-0.15, -0.1) is 0 Å². The van der Waals surface area contributed by atoms with E-state index in [-0.39, 0.29) is 5.82 Å². The van der Waals surface area contributed by atoms with Crippen molar-refractivity contribution in [3.05, 3.63) is 54.4 Å². The SMILES string of the molecule is Fc1ccccc1CN(CCCn1ccnc1)C(=S)NC1CCCCC1. The standard InChI is InChI=1S/C20H27FN4S/c21-19-10-5-4-7-17(19)15-25(13-6-12-24-14-11-22-16-24)20(26)23-18-8-2-1-3-9-18/h4-5,7,10-11,14,16,18H,1-3,6,8-9,12-13,15H2,(H,23,26). The highest BCUT2D eigenvalue weighted by atomic mass is 32.1. The van der Waals surface area contributed by atoms with Crippen LogP contribution in [0.3, 0.4) is 0 Å². The summed E-state index contributed by atoms with van der Waals surface area (Å²) in [4.78, 5) is 6.17. The zero-order valence-electron chi connectivity index (χ0n) is 15.1. The smallest absolute Gasteiger partial charge is 0.169 e. The second-order valence-corrected chi connectivity index (χ2v) is 7.34. The molecule has 1 heterocycles. The maximum atomic E-state index is 14.1. The first-order valence-corrected chi connectivity index (χ1v) is 9.88. The summed E-state index contributed by atoms with van der Waals surface area (Å²) in [6.07, 6.45) is 12.7. The van der Waals surface area contributed by atoms with E-state index in [4.69, 9.17) is 12.2 Å². The molecule has 0 amide bonds. The van der Waals surface area contributed by atoms with Crippen molar-refractivity contribution in [3.63, 3.8) is 0 Å². The Morgan fingerprint density at radius 1 is 1.27 bits per heavy atom. The van der Waals surface area contributed by atoms with Gasteiger partial charge in [0.1, 0.15) is 5.82 Å². The molecule has 1 aromatic carbocycles. The molecule has 0 aliphatic heterocycles. The summed E-state index contributed by atoms with van der Waals surface area (Å²) >= 11 is 5.69. The molecular weight excluding hydrogens is 347 g/mol. The Kier molecular flexibility index (Phi) is 7.00. The lowest BCUT2D eigenvalue weighted by molar-refractivity contribution is 0.353. The van der Waals surface area contributed by atoms with Gasteiger partial charge in [0.25, 0.3) is 0 Å². The number of rotatable bonds is 7. The molecule has 1 aliphatic carbocycles. The molecule has 140 valence electrons. The van der Waals surface area contributed by atoms with Crippen LogP contribution >= 0.6 is 12.2 Å². The quantitative estimate of drug-likeness (QED) is 0.739. The Morgan fingerprint density at radius 3 is 2.81 bits per heavy atom. The van der Waals surface area contributed by atoms with Gasteiger partial charge in [0, 0.05) is 43.6 Å². The highest BCUT2D eigenvalue weighted by Gasteiger charge is 2.18. The van der Waals surface area contributed by atoms with Crippen molar-refractivity contribution in [1.29, 1.82) is 0 Å². The third-order valence-electron chi connectivity index (χ3n) is 4.94. The lowest BCUT2D eigenvalue weighted by Crippen LogP contribution is -2.45. The number of hydrogen-bond acceptors (Lipinski definition) is 2. The minimum atomic E-state index is -0.174. The fourth-order valence-electron chi connectivity index (χ4n) is 3.46. The molecule has 1 saturated carbocycles. The molecule has 2 aromatic rings. The second kappa shape index (κ2) is 9.67. The molecule has 3 rings (SSSR count). The normalized spacial score (nSPS) is 15.0. The molecule has 1 aliphatic rings. The number of nitrogens with zero attached hydrogens (tertiary/aromatic N) is 3. The van der Waals surface area contributed by atoms with Crippen molar-refractivity contribution >= 4 is 17.3 Å². The minimum absolute atomic E-state index is 0.174. The molecule has 1 N–H and O–H groups in total. The van der Waals surface area contributed by atoms with Crippen LogP contribution in [-0.4, -0.2) is 32.2 Å². The van der Waals surface area contributed by atoms with Crippen LogP contribution < -0.4 is 5.32 Å². The maximum absolute atomic E-state index is 14.1. The van der Waals surface area contributed by atoms with E-state index in [0.29, 0.717) is 18.2 Å². The van der Waals surface area contributed by atoms with Crippen LogP contribution in [0.1, 0.15) is 44.1 Å². The molecule has 0 radical (unpaired) electrons. The van der Waals surface area contributed by atoms with Gasteiger partial charge < -0.3 is 14.8 Å². The van der Waals surface area contributed by atoms with Crippen molar-refractivity contribution in [3.8, 4) is 0 Å². The van der Waals surface area contributed by atoms with E-state index in [0.717, 1.165) is 24.6 Å². The van der Waals surface area contributed by atoms with Gasteiger partial charge in [-0.3, -0.25) is 0 Å². The largest absolute Gasteiger partial charge is 0.360 e. The summed E-state index contributed by atoms with van der Waals surface area (Å²) < 4.78 is 16.2. The van der Waals surface area contributed by atoms with Crippen LogP contribution in [0, 0.1) is 5.82 Å². The number of hydrogen-bond donors (Lipinski definition) is 1. The molecule has 0 spiro atoms. The summed E-state index contributed by atoms with van der Waals surface area (Å²) in [7, 11) is 0. The second-order valence-electron chi connectivity index (χ2n) is 6.95. The lowest BCUT2D eigenvalue weighted by Gasteiger charge is -2.31. The number of aryl methyl sites for hydroxylation is 1. The zero-order chi connectivity index (χ0) is 18.2. The number of benzene rings is 1. The molecule has 0 bridgehead atoms. The van der Waals surface area contributed by atoms with Gasteiger partial charge in [0.2, 0.25) is 0 Å². The third-order valence-corrected chi connectivity index (χ3v) is 5.32. The monoisotopic (exact) mass is 374 g/mol. The Bertz CT molecular complexity index is 683. The first-order valence-electron chi connectivity index (χ1n) is 9.47. The van der Waals surface area contributed by atoms with Crippen LogP contribution in [0.2, 0.25) is 0 Å². The first-order chi connectivity index (χ1) is 12.7. The highest BCUT2D eigenvalue weighted by Crippen LogP contribution is 2.18. The van der Waals surface area contributed by atoms with Crippen LogP contribution in [0.25, 0.3) is 0 Å². The average molecular weight is 375 g/mol. The fourth-order valence-corrected chi connectivity index (χ4v) is 3.78. The van der Waals surface area contributed by atoms with E-state index in [1.54, 1.807) is 12.3 Å². The molecule has 1 aromatic heterocycles. The van der Waals surface area contributed by atoms with Gasteiger partial charge in [0.05, 0.1) is 6.33 Å². The molecule has 0 atom stereocenters. The van der Waals surface area contributed by atoms with E-state index in [2.05, 4.69) is 19.8 Å². The van der Waals surface area contributed by atoms with Crippen molar-refractivity contribution in [1.82, 2.24) is 19.8 Å². The Morgan fingerprint density at radius 2 is 2.08 bits per heavy atom. The van der Waals surface area contributed by atoms with E-state index >= 15 is 0 Å². The van der Waals surface area contributed by atoms with Gasteiger partial charge in [-0.05, 0) is 37.5 Å². The average Bonchev–Trinajstić information content (AvgIpc) is 3.17. The number of halogens is 1. The first kappa shape index (κ1) is 18.8. The molecule has 4 nitrogen and oxygen atoms in total. The molecule has 6 heteroatoms. The van der Waals surface area contributed by atoms with Gasteiger partial charge >= 0.3 is 0 Å². The fraction of sp³-hybridized carbons (Fsp3) is 0.500. The van der Waals surface area contributed by atoms with Crippen molar-refractivity contribution in [2.45, 2.75) is 57.7 Å². The Hall–Kier alpha value is -1.95. The van der Waals surface area contributed by atoms with E-state index in [1.165, 1.54) is 38.2 Å². The van der Waals surface area contributed by atoms with Gasteiger partial charge in [0.15, 0.2) is 5.11 Å². The van der Waals surface area contributed by atoms with Crippen LogP contribution in [-0.2, 0) is 13.1 Å². The van der Waals surface area contributed by atoms with E-state index in [1.807, 2.05) is 24.7 Å². The van der Waals surface area contributed by atoms with Crippen LogP contribution in [0.5, 0.6) is 0 Å². The lowest BCUT2D eigenvalue weighted by atomic mass is 9.96.